The Morgan fingerprint density at radius 1 is 1.06 bits per heavy atom. The Bertz CT molecular complexity index is 869. The molecule has 1 saturated heterocycles. The molecular weight excluding hydrogens is 403 g/mol. The minimum Gasteiger partial charge on any atom is -0.357 e. The fourth-order valence-electron chi connectivity index (χ4n) is 4.92. The largest absolute Gasteiger partial charge is 0.417 e. The van der Waals surface area contributed by atoms with E-state index in [1.807, 2.05) is 11.0 Å². The van der Waals surface area contributed by atoms with Crippen LogP contribution < -0.4 is 10.2 Å². The van der Waals surface area contributed by atoms with Crippen LogP contribution in [0.5, 0.6) is 0 Å². The Morgan fingerprint density at radius 2 is 1.74 bits per heavy atom. The minimum atomic E-state index is -4.38. The van der Waals surface area contributed by atoms with E-state index in [2.05, 4.69) is 34.6 Å². The summed E-state index contributed by atoms with van der Waals surface area (Å²) in [5.74, 6) is 0.544. The Morgan fingerprint density at radius 3 is 2.32 bits per heavy atom. The van der Waals surface area contributed by atoms with Gasteiger partial charge in [-0.05, 0) is 43.4 Å². The lowest BCUT2D eigenvalue weighted by Crippen LogP contribution is -2.45. The molecule has 0 atom stereocenters. The van der Waals surface area contributed by atoms with Crippen molar-refractivity contribution in [3.05, 3.63) is 59.8 Å². The van der Waals surface area contributed by atoms with Crippen LogP contribution in [0.15, 0.2) is 48.7 Å². The maximum absolute atomic E-state index is 12.9. The number of halogens is 3. The molecule has 1 aliphatic carbocycles. The number of anilines is 1. The first-order chi connectivity index (χ1) is 14.9. The highest BCUT2D eigenvalue weighted by Gasteiger charge is 2.37. The number of benzene rings is 1. The molecular formula is C24H28F3N3O. The Kier molecular flexibility index (Phi) is 6.21. The van der Waals surface area contributed by atoms with E-state index >= 15 is 0 Å². The average molecular weight is 432 g/mol. The lowest BCUT2D eigenvalue weighted by Gasteiger charge is -2.34. The summed E-state index contributed by atoms with van der Waals surface area (Å²) < 4.78 is 38.2. The number of alkyl halides is 3. The molecule has 31 heavy (non-hydrogen) atoms. The van der Waals surface area contributed by atoms with Crippen molar-refractivity contribution in [2.24, 2.45) is 5.92 Å². The third kappa shape index (κ3) is 4.86. The molecule has 1 N–H and O–H groups in total. The summed E-state index contributed by atoms with van der Waals surface area (Å²) in [6.07, 6.45) is 2.39. The third-order valence-electron chi connectivity index (χ3n) is 6.81. The highest BCUT2D eigenvalue weighted by atomic mass is 19.4. The number of pyridine rings is 1. The van der Waals surface area contributed by atoms with E-state index < -0.39 is 11.7 Å². The second-order valence-electron chi connectivity index (χ2n) is 8.74. The molecule has 0 unspecified atom stereocenters. The van der Waals surface area contributed by atoms with E-state index in [9.17, 15) is 18.0 Å². The molecule has 7 heteroatoms. The standard InChI is InChI=1S/C24H28F3N3O/c25-24(26,27)20-8-9-21(28-16-20)30-14-10-18(11-15-30)22(31)29-17-23(12-4-5-13-23)19-6-2-1-3-7-19/h1-3,6-9,16,18H,4-5,10-15,17H2,(H,29,31). The first-order valence-corrected chi connectivity index (χ1v) is 11.0. The topological polar surface area (TPSA) is 45.2 Å². The number of hydrogen-bond donors (Lipinski definition) is 1. The molecule has 2 heterocycles. The maximum atomic E-state index is 12.9. The predicted octanol–water partition coefficient (Wildman–Crippen LogP) is 4.95. The number of nitrogens with zero attached hydrogens (tertiary/aromatic N) is 2. The van der Waals surface area contributed by atoms with Crippen molar-refractivity contribution in [2.75, 3.05) is 24.5 Å². The van der Waals surface area contributed by atoms with Gasteiger partial charge in [0.15, 0.2) is 0 Å². The summed E-state index contributed by atoms with van der Waals surface area (Å²) in [6, 6.07) is 12.9. The van der Waals surface area contributed by atoms with Crippen LogP contribution in [0.2, 0.25) is 0 Å². The van der Waals surface area contributed by atoms with Crippen LogP contribution in [-0.4, -0.2) is 30.5 Å². The number of nitrogens with one attached hydrogen (secondary N) is 1. The number of piperidine rings is 1. The second-order valence-corrected chi connectivity index (χ2v) is 8.74. The minimum absolute atomic E-state index is 0.0295. The summed E-state index contributed by atoms with van der Waals surface area (Å²) in [5, 5.41) is 3.21. The molecule has 1 aromatic carbocycles. The van der Waals surface area contributed by atoms with Crippen molar-refractivity contribution < 1.29 is 18.0 Å². The van der Waals surface area contributed by atoms with Crippen molar-refractivity contribution >= 4 is 11.7 Å². The molecule has 0 spiro atoms. The monoisotopic (exact) mass is 431 g/mol. The molecule has 1 aromatic heterocycles. The number of rotatable bonds is 5. The number of carbonyl (C=O) groups excluding carboxylic acids is 1. The van der Waals surface area contributed by atoms with Crippen LogP contribution in [-0.2, 0) is 16.4 Å². The molecule has 4 nitrogen and oxygen atoms in total. The van der Waals surface area contributed by atoms with E-state index in [1.54, 1.807) is 0 Å². The van der Waals surface area contributed by atoms with Crippen molar-refractivity contribution in [1.29, 1.82) is 0 Å². The lowest BCUT2D eigenvalue weighted by molar-refractivity contribution is -0.137. The normalized spacial score (nSPS) is 19.4. The van der Waals surface area contributed by atoms with Gasteiger partial charge in [0.1, 0.15) is 5.82 Å². The molecule has 0 bridgehead atoms. The molecule has 2 fully saturated rings. The van der Waals surface area contributed by atoms with E-state index in [-0.39, 0.29) is 17.2 Å². The van der Waals surface area contributed by atoms with Gasteiger partial charge in [0, 0.05) is 37.2 Å². The number of carbonyl (C=O) groups is 1. The fourth-order valence-corrected chi connectivity index (χ4v) is 4.92. The van der Waals surface area contributed by atoms with Crippen LogP contribution in [0, 0.1) is 5.92 Å². The van der Waals surface area contributed by atoms with Crippen molar-refractivity contribution in [2.45, 2.75) is 50.1 Å². The van der Waals surface area contributed by atoms with E-state index in [4.69, 9.17) is 0 Å². The van der Waals surface area contributed by atoms with Crippen LogP contribution in [0.3, 0.4) is 0 Å². The maximum Gasteiger partial charge on any atom is 0.417 e. The van der Waals surface area contributed by atoms with Gasteiger partial charge in [-0.2, -0.15) is 13.2 Å². The SMILES string of the molecule is O=C(NCC1(c2ccccc2)CCCC1)C1CCN(c2ccc(C(F)(F)F)cn2)CC1. The Hall–Kier alpha value is -2.57. The lowest BCUT2D eigenvalue weighted by atomic mass is 9.78. The van der Waals surface area contributed by atoms with Gasteiger partial charge in [0.2, 0.25) is 5.91 Å². The van der Waals surface area contributed by atoms with Gasteiger partial charge in [-0.25, -0.2) is 4.98 Å². The van der Waals surface area contributed by atoms with Gasteiger partial charge in [-0.15, -0.1) is 0 Å². The van der Waals surface area contributed by atoms with Crippen LogP contribution in [0.4, 0.5) is 19.0 Å². The zero-order valence-electron chi connectivity index (χ0n) is 17.5. The number of aromatic nitrogens is 1. The fraction of sp³-hybridized carbons (Fsp3) is 0.500. The van der Waals surface area contributed by atoms with Gasteiger partial charge in [-0.1, -0.05) is 43.2 Å². The Balaban J connectivity index is 1.31. The first kappa shape index (κ1) is 21.7. The van der Waals surface area contributed by atoms with E-state index in [0.717, 1.165) is 25.1 Å². The quantitative estimate of drug-likeness (QED) is 0.729. The van der Waals surface area contributed by atoms with Crippen molar-refractivity contribution in [3.8, 4) is 0 Å². The molecule has 1 aliphatic heterocycles. The second kappa shape index (κ2) is 8.89. The van der Waals surface area contributed by atoms with Crippen molar-refractivity contribution in [1.82, 2.24) is 10.3 Å². The smallest absolute Gasteiger partial charge is 0.357 e. The summed E-state index contributed by atoms with van der Waals surface area (Å²) >= 11 is 0. The van der Waals surface area contributed by atoms with Gasteiger partial charge >= 0.3 is 6.18 Å². The summed E-state index contributed by atoms with van der Waals surface area (Å²) in [4.78, 5) is 18.8. The van der Waals surface area contributed by atoms with Gasteiger partial charge in [0.05, 0.1) is 5.56 Å². The van der Waals surface area contributed by atoms with Crippen LogP contribution >= 0.6 is 0 Å². The first-order valence-electron chi connectivity index (χ1n) is 11.0. The highest BCUT2D eigenvalue weighted by molar-refractivity contribution is 5.79. The molecule has 0 radical (unpaired) electrons. The third-order valence-corrected chi connectivity index (χ3v) is 6.81. The molecule has 4 rings (SSSR count). The highest BCUT2D eigenvalue weighted by Crippen LogP contribution is 2.40. The summed E-state index contributed by atoms with van der Waals surface area (Å²) in [6.45, 7) is 1.89. The van der Waals surface area contributed by atoms with E-state index in [0.29, 0.717) is 38.3 Å². The summed E-state index contributed by atoms with van der Waals surface area (Å²) in [7, 11) is 0. The number of hydrogen-bond acceptors (Lipinski definition) is 3. The average Bonchev–Trinajstić information content (AvgIpc) is 3.28. The molecule has 166 valence electrons. The van der Waals surface area contributed by atoms with Gasteiger partial charge < -0.3 is 10.2 Å². The zero-order chi connectivity index (χ0) is 21.9. The molecule has 2 aliphatic rings. The zero-order valence-corrected chi connectivity index (χ0v) is 17.5. The summed E-state index contributed by atoms with van der Waals surface area (Å²) in [5.41, 5.74) is 0.586. The molecule has 2 aromatic rings. The van der Waals surface area contributed by atoms with Crippen LogP contribution in [0.1, 0.15) is 49.7 Å². The van der Waals surface area contributed by atoms with E-state index in [1.165, 1.54) is 24.5 Å². The van der Waals surface area contributed by atoms with Crippen molar-refractivity contribution in [3.63, 3.8) is 0 Å². The number of amides is 1. The van der Waals surface area contributed by atoms with Gasteiger partial charge in [0.25, 0.3) is 0 Å². The van der Waals surface area contributed by atoms with Crippen LogP contribution in [0.25, 0.3) is 0 Å². The Labute approximate surface area is 180 Å². The predicted molar refractivity (Wildman–Crippen MR) is 114 cm³/mol. The van der Waals surface area contributed by atoms with Gasteiger partial charge in [-0.3, -0.25) is 4.79 Å². The molecule has 1 amide bonds. The molecule has 1 saturated carbocycles.